The highest BCUT2D eigenvalue weighted by atomic mass is 32.2. The molecule has 21 heteroatoms. The van der Waals surface area contributed by atoms with E-state index in [-0.39, 0.29) is 0 Å². The van der Waals surface area contributed by atoms with Crippen molar-refractivity contribution in [2.45, 2.75) is 30.3 Å². The van der Waals surface area contributed by atoms with Gasteiger partial charge in [-0.1, -0.05) is 0 Å². The number of hydrogen-bond donors (Lipinski definition) is 3. The summed E-state index contributed by atoms with van der Waals surface area (Å²) in [4.78, 5) is 0. The summed E-state index contributed by atoms with van der Waals surface area (Å²) in [7, 11) is -11.0. The summed E-state index contributed by atoms with van der Waals surface area (Å²) in [5, 5.41) is 8.23. The summed E-state index contributed by atoms with van der Waals surface area (Å²) in [6.07, 6.45) is -24.0. The molecule has 0 aliphatic carbocycles. The third-order valence-corrected chi connectivity index (χ3v) is 4.03. The Morgan fingerprint density at radius 2 is 0.897 bits per heavy atom. The predicted octanol–water partition coefficient (Wildman–Crippen LogP) is 2.34. The van der Waals surface area contributed by atoms with E-state index in [1.165, 1.54) is 0 Å². The minimum Gasteiger partial charge on any atom is -0.373 e. The molecule has 0 bridgehead atoms. The number of aliphatic hydroxyl groups is 1. The fourth-order valence-corrected chi connectivity index (χ4v) is 2.83. The number of hydrogen-bond acceptors (Lipinski definition) is 5. The van der Waals surface area contributed by atoms with Crippen LogP contribution in [0.2, 0.25) is 0 Å². The zero-order valence-corrected chi connectivity index (χ0v) is 14.5. The fourth-order valence-electron chi connectivity index (χ4n) is 1.17. The van der Waals surface area contributed by atoms with E-state index >= 15 is 0 Å². The minimum atomic E-state index is -6.26. The molecule has 0 radical (unpaired) electrons. The number of halogens is 12. The summed E-state index contributed by atoms with van der Waals surface area (Å²) in [5.41, 5.74) is -5.48. The van der Waals surface area contributed by atoms with Gasteiger partial charge < -0.3 is 5.11 Å². The van der Waals surface area contributed by atoms with Crippen LogP contribution < -0.4 is 0 Å². The maximum Gasteiger partial charge on any atom is 0.427 e. The Balaban J connectivity index is 0. The molecular formula is C8H8F12O7S2. The normalized spacial score (nSPS) is 15.2. The largest absolute Gasteiger partial charge is 0.427 e. The molecule has 0 aliphatic heterocycles. The summed E-state index contributed by atoms with van der Waals surface area (Å²) in [6, 6.07) is 0. The van der Waals surface area contributed by atoms with Crippen LogP contribution in [0.25, 0.3) is 0 Å². The maximum absolute atomic E-state index is 11.8. The van der Waals surface area contributed by atoms with E-state index < -0.39 is 68.0 Å². The molecule has 0 atom stereocenters. The predicted molar refractivity (Wildman–Crippen MR) is 65.5 cm³/mol. The van der Waals surface area contributed by atoms with Crippen molar-refractivity contribution in [2.24, 2.45) is 5.92 Å². The quantitative estimate of drug-likeness (QED) is 0.393. The molecule has 3 N–H and O–H groups in total. The van der Waals surface area contributed by atoms with Gasteiger partial charge in [-0.05, 0) is 0 Å². The Bertz CT molecular complexity index is 715. The van der Waals surface area contributed by atoms with Gasteiger partial charge in [0.05, 0.1) is 5.75 Å². The third kappa shape index (κ3) is 10.5. The van der Waals surface area contributed by atoms with Gasteiger partial charge in [0, 0.05) is 0 Å². The van der Waals surface area contributed by atoms with E-state index in [1.54, 1.807) is 0 Å². The van der Waals surface area contributed by atoms with Crippen molar-refractivity contribution in [3.05, 3.63) is 0 Å². The first-order valence-corrected chi connectivity index (χ1v) is 9.16. The highest BCUT2D eigenvalue weighted by molar-refractivity contribution is 7.86. The van der Waals surface area contributed by atoms with Gasteiger partial charge in [-0.25, -0.2) is 0 Å². The lowest BCUT2D eigenvalue weighted by Gasteiger charge is -2.30. The van der Waals surface area contributed by atoms with Crippen molar-refractivity contribution in [3.8, 4) is 0 Å². The van der Waals surface area contributed by atoms with E-state index in [0.29, 0.717) is 0 Å². The summed E-state index contributed by atoms with van der Waals surface area (Å²) < 4.78 is 196. The average Bonchev–Trinajstić information content (AvgIpc) is 2.28. The molecule has 0 aromatic carbocycles. The molecule has 7 nitrogen and oxygen atoms in total. The van der Waals surface area contributed by atoms with E-state index in [2.05, 4.69) is 0 Å². The van der Waals surface area contributed by atoms with Crippen LogP contribution >= 0.6 is 0 Å². The molecular weight excluding hydrogens is 500 g/mol. The number of rotatable bonds is 4. The first kappa shape index (κ1) is 30.1. The molecule has 0 saturated heterocycles. The van der Waals surface area contributed by atoms with Crippen LogP contribution in [0.1, 0.15) is 0 Å². The monoisotopic (exact) mass is 508 g/mol. The van der Waals surface area contributed by atoms with Crippen molar-refractivity contribution in [1.29, 1.82) is 0 Å². The van der Waals surface area contributed by atoms with Crippen LogP contribution in [0, 0.1) is 5.92 Å². The summed E-state index contributed by atoms with van der Waals surface area (Å²) in [6.45, 7) is 0. The van der Waals surface area contributed by atoms with Crippen LogP contribution in [0.15, 0.2) is 0 Å². The molecule has 0 aromatic heterocycles. The van der Waals surface area contributed by atoms with Crippen molar-refractivity contribution in [1.82, 2.24) is 0 Å². The lowest BCUT2D eigenvalue weighted by molar-refractivity contribution is -0.359. The highest BCUT2D eigenvalue weighted by Crippen LogP contribution is 2.43. The lowest BCUT2D eigenvalue weighted by Crippen LogP contribution is -2.60. The standard InChI is InChI=1S/C4H4F6O4S.C4H4F6O3S/c5-3(6,7)2(11,4(8,9)10)1-15(12,13)14;5-3(6,7)2(4(8,9)10)1-14(11,12)13/h11H,1H2,(H,12,13,14);2H,1H2,(H,11,12,13). The van der Waals surface area contributed by atoms with E-state index in [4.69, 9.17) is 14.2 Å². The molecule has 0 heterocycles. The third-order valence-electron chi connectivity index (χ3n) is 2.50. The van der Waals surface area contributed by atoms with Crippen molar-refractivity contribution in [2.75, 3.05) is 11.5 Å². The molecule has 0 unspecified atom stereocenters. The summed E-state index contributed by atoms with van der Waals surface area (Å²) >= 11 is 0. The van der Waals surface area contributed by atoms with Gasteiger partial charge in [0.2, 0.25) is 0 Å². The molecule has 0 spiro atoms. The minimum absolute atomic E-state index is 2.42. The van der Waals surface area contributed by atoms with Crippen molar-refractivity contribution >= 4 is 20.2 Å². The molecule has 0 fully saturated rings. The SMILES string of the molecule is O=S(=O)(O)CC(C(F)(F)F)C(F)(F)F.O=S(=O)(O)CC(O)(C(F)(F)F)C(F)(F)F. The highest BCUT2D eigenvalue weighted by Gasteiger charge is 2.72. The van der Waals surface area contributed by atoms with Gasteiger partial charge in [-0.3, -0.25) is 9.11 Å². The van der Waals surface area contributed by atoms with Crippen LogP contribution in [-0.4, -0.2) is 72.9 Å². The fraction of sp³-hybridized carbons (Fsp3) is 1.00. The first-order valence-electron chi connectivity index (χ1n) is 5.94. The van der Waals surface area contributed by atoms with Crippen LogP contribution in [0.5, 0.6) is 0 Å². The Morgan fingerprint density at radius 3 is 0.966 bits per heavy atom. The first-order chi connectivity index (χ1) is 12.0. The lowest BCUT2D eigenvalue weighted by atomic mass is 10.1. The molecule has 178 valence electrons. The smallest absolute Gasteiger partial charge is 0.373 e. The van der Waals surface area contributed by atoms with Crippen LogP contribution in [-0.2, 0) is 20.2 Å². The Morgan fingerprint density at radius 1 is 0.621 bits per heavy atom. The summed E-state index contributed by atoms with van der Waals surface area (Å²) in [5.74, 6) is -9.38. The van der Waals surface area contributed by atoms with E-state index in [1.807, 2.05) is 0 Å². The van der Waals surface area contributed by atoms with Gasteiger partial charge in [0.15, 0.2) is 5.92 Å². The maximum atomic E-state index is 11.8. The van der Waals surface area contributed by atoms with E-state index in [0.717, 1.165) is 0 Å². The Labute approximate surface area is 152 Å². The van der Waals surface area contributed by atoms with Gasteiger partial charge in [0.25, 0.3) is 25.8 Å². The average molecular weight is 508 g/mol. The second-order valence-electron chi connectivity index (χ2n) is 4.97. The Hall–Kier alpha value is -1.06. The molecule has 0 amide bonds. The van der Waals surface area contributed by atoms with Gasteiger partial charge in [0.1, 0.15) is 5.75 Å². The zero-order chi connectivity index (χ0) is 24.5. The molecule has 0 rings (SSSR count). The van der Waals surface area contributed by atoms with Crippen LogP contribution in [0.4, 0.5) is 52.7 Å². The van der Waals surface area contributed by atoms with Crippen molar-refractivity contribution in [3.63, 3.8) is 0 Å². The molecule has 0 aliphatic rings. The van der Waals surface area contributed by atoms with Gasteiger partial charge in [-0.15, -0.1) is 0 Å². The Kier molecular flexibility index (Phi) is 8.93. The second-order valence-corrected chi connectivity index (χ2v) is 7.92. The molecule has 29 heavy (non-hydrogen) atoms. The number of alkyl halides is 12. The van der Waals surface area contributed by atoms with Crippen molar-refractivity contribution < 1.29 is 83.7 Å². The second kappa shape index (κ2) is 8.59. The zero-order valence-electron chi connectivity index (χ0n) is 12.8. The van der Waals surface area contributed by atoms with Gasteiger partial charge in [-0.2, -0.15) is 69.5 Å². The molecule has 0 aromatic rings. The van der Waals surface area contributed by atoms with E-state index in [9.17, 15) is 69.5 Å². The molecule has 0 saturated carbocycles. The topological polar surface area (TPSA) is 129 Å². The van der Waals surface area contributed by atoms with Crippen LogP contribution in [0.3, 0.4) is 0 Å². The van der Waals surface area contributed by atoms with Gasteiger partial charge >= 0.3 is 24.7 Å².